The van der Waals surface area contributed by atoms with Gasteiger partial charge in [-0.25, -0.2) is 14.8 Å². The highest BCUT2D eigenvalue weighted by Gasteiger charge is 2.22. The molecule has 2 aromatic heterocycles. The first-order chi connectivity index (χ1) is 18.5. The lowest BCUT2D eigenvalue weighted by Gasteiger charge is -2.24. The predicted molar refractivity (Wildman–Crippen MR) is 160 cm³/mol. The Morgan fingerprint density at radius 3 is 2.62 bits per heavy atom. The molecule has 206 valence electrons. The Bertz CT molecular complexity index is 1480. The topological polar surface area (TPSA) is 102 Å². The number of rotatable bonds is 10. The Labute approximate surface area is 230 Å². The molecular weight excluding hydrogens is 490 g/mol. The summed E-state index contributed by atoms with van der Waals surface area (Å²) < 4.78 is 7.59. The number of nitrogen functional groups attached to an aromatic ring is 1. The lowest BCUT2D eigenvalue weighted by atomic mass is 10.1. The van der Waals surface area contributed by atoms with Crippen molar-refractivity contribution in [3.05, 3.63) is 59.9 Å². The van der Waals surface area contributed by atoms with Gasteiger partial charge in [0.05, 0.1) is 23.7 Å². The number of ether oxygens (including phenoxy) is 1. The lowest BCUT2D eigenvalue weighted by Crippen LogP contribution is -2.29. The van der Waals surface area contributed by atoms with Crippen LogP contribution in [-0.4, -0.2) is 66.2 Å². The number of nitrogens with zero attached hydrogens (tertiary/aromatic N) is 5. The van der Waals surface area contributed by atoms with E-state index in [1.807, 2.05) is 76.0 Å². The molecular formula is C30H39N7O2. The molecule has 0 spiro atoms. The van der Waals surface area contributed by atoms with Crippen LogP contribution in [0.25, 0.3) is 22.2 Å². The molecule has 0 atom stereocenters. The smallest absolute Gasteiger partial charge is 0.341 e. The van der Waals surface area contributed by atoms with E-state index in [4.69, 9.17) is 15.5 Å². The Morgan fingerprint density at radius 2 is 1.90 bits per heavy atom. The summed E-state index contributed by atoms with van der Waals surface area (Å²) in [7, 11) is 8.12. The van der Waals surface area contributed by atoms with Crippen molar-refractivity contribution in [1.29, 1.82) is 0 Å². The predicted octanol–water partition coefficient (Wildman–Crippen LogP) is 5.08. The molecule has 2 aromatic carbocycles. The van der Waals surface area contributed by atoms with Crippen molar-refractivity contribution in [1.82, 2.24) is 19.4 Å². The lowest BCUT2D eigenvalue weighted by molar-refractivity contribution is 0.0459. The average Bonchev–Trinajstić information content (AvgIpc) is 3.24. The van der Waals surface area contributed by atoms with Gasteiger partial charge < -0.3 is 30.2 Å². The number of aromatic nitrogens is 3. The first kappa shape index (κ1) is 27.9. The fraction of sp³-hybridized carbons (Fsp3) is 0.367. The average molecular weight is 530 g/mol. The van der Waals surface area contributed by atoms with Crippen LogP contribution < -0.4 is 16.0 Å². The summed E-state index contributed by atoms with van der Waals surface area (Å²) in [5.41, 5.74) is 12.6. The van der Waals surface area contributed by atoms with E-state index in [9.17, 15) is 4.79 Å². The molecule has 0 aliphatic rings. The van der Waals surface area contributed by atoms with Crippen molar-refractivity contribution in [3.8, 4) is 11.3 Å². The Hall–Kier alpha value is -4.11. The largest absolute Gasteiger partial charge is 0.462 e. The van der Waals surface area contributed by atoms with Gasteiger partial charge in [0, 0.05) is 61.7 Å². The zero-order valence-electron chi connectivity index (χ0n) is 23.9. The van der Waals surface area contributed by atoms with Crippen molar-refractivity contribution in [2.24, 2.45) is 13.0 Å². The molecule has 0 amide bonds. The fourth-order valence-corrected chi connectivity index (χ4v) is 4.41. The zero-order chi connectivity index (χ0) is 28.3. The van der Waals surface area contributed by atoms with E-state index in [2.05, 4.69) is 40.3 Å². The van der Waals surface area contributed by atoms with Gasteiger partial charge in [0.15, 0.2) is 0 Å². The molecule has 4 rings (SSSR count). The zero-order valence-corrected chi connectivity index (χ0v) is 23.9. The molecule has 0 fully saturated rings. The van der Waals surface area contributed by atoms with Gasteiger partial charge in [0.1, 0.15) is 5.56 Å². The minimum atomic E-state index is -0.441. The highest BCUT2D eigenvalue weighted by atomic mass is 16.5. The van der Waals surface area contributed by atoms with Crippen LogP contribution in [0.5, 0.6) is 0 Å². The van der Waals surface area contributed by atoms with Crippen LogP contribution >= 0.6 is 0 Å². The third-order valence-corrected chi connectivity index (χ3v) is 6.62. The molecule has 0 bridgehead atoms. The minimum Gasteiger partial charge on any atom is -0.462 e. The van der Waals surface area contributed by atoms with E-state index >= 15 is 0 Å². The third kappa shape index (κ3) is 6.31. The maximum Gasteiger partial charge on any atom is 0.341 e. The number of carbonyl (C=O) groups is 1. The molecule has 0 radical (unpaired) electrons. The molecule has 0 saturated heterocycles. The van der Waals surface area contributed by atoms with E-state index in [0.717, 1.165) is 46.5 Å². The van der Waals surface area contributed by atoms with Crippen molar-refractivity contribution in [2.75, 3.05) is 56.8 Å². The number of nitrogens with one attached hydrogen (secondary N) is 1. The first-order valence-corrected chi connectivity index (χ1v) is 13.2. The second kappa shape index (κ2) is 11.7. The minimum absolute atomic E-state index is 0.218. The highest BCUT2D eigenvalue weighted by Crippen LogP contribution is 2.34. The van der Waals surface area contributed by atoms with Crippen LogP contribution in [0.4, 0.5) is 23.0 Å². The van der Waals surface area contributed by atoms with Gasteiger partial charge in [0.25, 0.3) is 0 Å². The van der Waals surface area contributed by atoms with E-state index in [1.54, 1.807) is 0 Å². The number of esters is 1. The number of hydrogen-bond donors (Lipinski definition) is 2. The van der Waals surface area contributed by atoms with Gasteiger partial charge in [-0.3, -0.25) is 0 Å². The standard InChI is InChI=1S/C30H39N7O2/c1-19(2)18-39-29(38)22-16-32-30(34-28(22)23-17-37(7)26-11-9-8-10-21(23)26)33-25-15-24(31)27(14-20(25)3)36(6)13-12-35(4)5/h8-11,14-17,19H,12-13,18,31H2,1-7H3,(H,32,33,34). The molecule has 2 heterocycles. The monoisotopic (exact) mass is 529 g/mol. The van der Waals surface area contributed by atoms with Crippen LogP contribution in [0, 0.1) is 12.8 Å². The Morgan fingerprint density at radius 1 is 1.15 bits per heavy atom. The van der Waals surface area contributed by atoms with Gasteiger partial charge >= 0.3 is 5.97 Å². The van der Waals surface area contributed by atoms with Crippen LogP contribution in [0.3, 0.4) is 0 Å². The van der Waals surface area contributed by atoms with Crippen LogP contribution in [0.2, 0.25) is 0 Å². The number of para-hydroxylation sites is 1. The molecule has 0 unspecified atom stereocenters. The summed E-state index contributed by atoms with van der Waals surface area (Å²) in [4.78, 5) is 26.7. The van der Waals surface area contributed by atoms with Gasteiger partial charge in [-0.1, -0.05) is 32.0 Å². The van der Waals surface area contributed by atoms with E-state index in [-0.39, 0.29) is 5.92 Å². The van der Waals surface area contributed by atoms with Gasteiger partial charge in [-0.2, -0.15) is 0 Å². The molecule has 9 heteroatoms. The number of benzene rings is 2. The number of aryl methyl sites for hydroxylation is 2. The van der Waals surface area contributed by atoms with Crippen molar-refractivity contribution in [2.45, 2.75) is 20.8 Å². The first-order valence-electron chi connectivity index (χ1n) is 13.2. The van der Waals surface area contributed by atoms with Crippen molar-refractivity contribution < 1.29 is 9.53 Å². The number of hydrogen-bond acceptors (Lipinski definition) is 8. The van der Waals surface area contributed by atoms with Crippen LogP contribution in [-0.2, 0) is 11.8 Å². The van der Waals surface area contributed by atoms with Crippen LogP contribution in [0.15, 0.2) is 48.8 Å². The summed E-state index contributed by atoms with van der Waals surface area (Å²) in [6.45, 7) is 8.13. The summed E-state index contributed by atoms with van der Waals surface area (Å²) in [5.74, 6) is 0.147. The maximum absolute atomic E-state index is 13.1. The van der Waals surface area contributed by atoms with Gasteiger partial charge in [0.2, 0.25) is 5.95 Å². The molecule has 39 heavy (non-hydrogen) atoms. The van der Waals surface area contributed by atoms with E-state index < -0.39 is 5.97 Å². The number of carbonyl (C=O) groups excluding carboxylic acids is 1. The summed E-state index contributed by atoms with van der Waals surface area (Å²) in [6, 6.07) is 12.0. The fourth-order valence-electron chi connectivity index (χ4n) is 4.41. The second-order valence-corrected chi connectivity index (χ2v) is 10.7. The van der Waals surface area contributed by atoms with Gasteiger partial charge in [-0.05, 0) is 50.7 Å². The Balaban J connectivity index is 1.72. The number of nitrogens with two attached hydrogens (primary N) is 1. The van der Waals surface area contributed by atoms with Crippen molar-refractivity contribution >= 4 is 39.9 Å². The second-order valence-electron chi connectivity index (χ2n) is 10.7. The summed E-state index contributed by atoms with van der Waals surface area (Å²) in [5, 5.41) is 4.32. The molecule has 0 saturated carbocycles. The SMILES string of the molecule is Cc1cc(N(C)CCN(C)C)c(N)cc1Nc1ncc(C(=O)OCC(C)C)c(-c2cn(C)c3ccccc23)n1. The number of fused-ring (bicyclic) bond motifs is 1. The number of anilines is 4. The van der Waals surface area contributed by atoms with Gasteiger partial charge in [-0.15, -0.1) is 0 Å². The molecule has 0 aliphatic heterocycles. The number of likely N-dealkylation sites (N-methyl/N-ethyl adjacent to an activating group) is 2. The molecule has 0 aliphatic carbocycles. The Kier molecular flexibility index (Phi) is 8.40. The highest BCUT2D eigenvalue weighted by molar-refractivity contribution is 6.03. The maximum atomic E-state index is 13.1. The normalized spacial score (nSPS) is 11.4. The summed E-state index contributed by atoms with van der Waals surface area (Å²) >= 11 is 0. The van der Waals surface area contributed by atoms with Crippen molar-refractivity contribution in [3.63, 3.8) is 0 Å². The quantitative estimate of drug-likeness (QED) is 0.217. The van der Waals surface area contributed by atoms with E-state index in [1.165, 1.54) is 6.20 Å². The molecule has 4 aromatic rings. The third-order valence-electron chi connectivity index (χ3n) is 6.62. The van der Waals surface area contributed by atoms with E-state index in [0.29, 0.717) is 29.5 Å². The molecule has 3 N–H and O–H groups in total. The van der Waals surface area contributed by atoms with Crippen LogP contribution in [0.1, 0.15) is 29.8 Å². The molecule has 9 nitrogen and oxygen atoms in total. The summed E-state index contributed by atoms with van der Waals surface area (Å²) in [6.07, 6.45) is 3.52.